The molecule has 0 fully saturated rings. The van der Waals surface area contributed by atoms with Crippen LogP contribution < -0.4 is 0 Å². The van der Waals surface area contributed by atoms with Crippen LogP contribution in [0.1, 0.15) is 22.6 Å². The first-order chi connectivity index (χ1) is 10.0. The molecule has 0 aliphatic heterocycles. The Labute approximate surface area is 129 Å². The molecule has 2 aromatic heterocycles. The molecule has 110 valence electrons. The van der Waals surface area contributed by atoms with E-state index in [9.17, 15) is 0 Å². The summed E-state index contributed by atoms with van der Waals surface area (Å²) in [5.74, 6) is 1.55. The minimum absolute atomic E-state index is 0.556. The normalized spacial score (nSPS) is 11.5. The van der Waals surface area contributed by atoms with Gasteiger partial charge in [0.25, 0.3) is 0 Å². The Kier molecular flexibility index (Phi) is 3.49. The Balaban J connectivity index is 2.38. The maximum absolute atomic E-state index is 5.96. The second-order valence-corrected chi connectivity index (χ2v) is 5.78. The number of hydrogen-bond acceptors (Lipinski definition) is 2. The van der Waals surface area contributed by atoms with Gasteiger partial charge in [-0.25, -0.2) is 9.67 Å². The molecule has 2 heterocycles. The summed E-state index contributed by atoms with van der Waals surface area (Å²) in [6, 6.07) is 6.34. The maximum Gasteiger partial charge on any atom is 0.163 e. The molecule has 0 radical (unpaired) electrons. The van der Waals surface area contributed by atoms with Crippen LogP contribution in [0.3, 0.4) is 0 Å². The van der Waals surface area contributed by atoms with E-state index in [0.29, 0.717) is 5.88 Å². The van der Waals surface area contributed by atoms with Crippen molar-refractivity contribution in [2.45, 2.75) is 27.2 Å². The van der Waals surface area contributed by atoms with Crippen molar-refractivity contribution in [1.29, 1.82) is 0 Å². The van der Waals surface area contributed by atoms with Crippen LogP contribution in [0, 0.1) is 20.8 Å². The molecular weight excluding hydrogens is 284 g/mol. The number of hydrogen-bond donors (Lipinski definition) is 0. The highest BCUT2D eigenvalue weighted by Gasteiger charge is 2.19. The predicted octanol–water partition coefficient (Wildman–Crippen LogP) is 3.47. The van der Waals surface area contributed by atoms with E-state index in [1.165, 1.54) is 11.1 Å². The van der Waals surface area contributed by atoms with Gasteiger partial charge in [-0.1, -0.05) is 12.1 Å². The van der Waals surface area contributed by atoms with Crippen LogP contribution in [0.2, 0.25) is 0 Å². The average molecular weight is 303 g/mol. The molecule has 0 unspecified atom stereocenters. The maximum atomic E-state index is 5.96. The van der Waals surface area contributed by atoms with Crippen molar-refractivity contribution >= 4 is 22.8 Å². The van der Waals surface area contributed by atoms with Crippen LogP contribution in [0.15, 0.2) is 18.2 Å². The molecule has 0 bridgehead atoms. The first-order valence-electron chi connectivity index (χ1n) is 7.08. The quantitative estimate of drug-likeness (QED) is 0.695. The van der Waals surface area contributed by atoms with Gasteiger partial charge in [0, 0.05) is 19.3 Å². The van der Waals surface area contributed by atoms with E-state index in [0.717, 1.165) is 34.8 Å². The summed E-state index contributed by atoms with van der Waals surface area (Å²) in [7, 11) is 1.96. The number of benzene rings is 1. The summed E-state index contributed by atoms with van der Waals surface area (Å²) >= 11 is 5.96. The van der Waals surface area contributed by atoms with Crippen LogP contribution in [-0.2, 0) is 13.5 Å². The summed E-state index contributed by atoms with van der Waals surface area (Å²) < 4.78 is 4.09. The lowest BCUT2D eigenvalue weighted by Gasteiger charge is -2.13. The predicted molar refractivity (Wildman–Crippen MR) is 86.5 cm³/mol. The topological polar surface area (TPSA) is 35.6 Å². The molecule has 0 atom stereocenters. The van der Waals surface area contributed by atoms with E-state index < -0.39 is 0 Å². The van der Waals surface area contributed by atoms with Gasteiger partial charge in [-0.3, -0.25) is 4.57 Å². The molecule has 0 aliphatic rings. The number of rotatable bonds is 3. The lowest BCUT2D eigenvalue weighted by Crippen LogP contribution is -2.08. The van der Waals surface area contributed by atoms with Crippen LogP contribution in [-0.4, -0.2) is 25.2 Å². The second kappa shape index (κ2) is 5.19. The molecule has 5 heteroatoms. The van der Waals surface area contributed by atoms with E-state index in [2.05, 4.69) is 41.7 Å². The van der Waals surface area contributed by atoms with Gasteiger partial charge in [-0.05, 0) is 38.0 Å². The number of aryl methyl sites for hydroxylation is 4. The number of alkyl halides is 1. The van der Waals surface area contributed by atoms with Crippen molar-refractivity contribution in [3.63, 3.8) is 0 Å². The standard InChI is InChI=1S/C16H19ClN4/c1-10-6-5-7-13(11(10)2)21-14(8-9-17)18-15-12(3)19-20(4)16(15)21/h5-7H,8-9H2,1-4H3. The second-order valence-electron chi connectivity index (χ2n) is 5.40. The van der Waals surface area contributed by atoms with Crippen molar-refractivity contribution in [2.75, 3.05) is 5.88 Å². The number of halogens is 1. The SMILES string of the molecule is Cc1cccc(-n2c(CCCl)nc3c(C)nn(C)c32)c1C. The van der Waals surface area contributed by atoms with E-state index in [4.69, 9.17) is 16.6 Å². The van der Waals surface area contributed by atoms with Crippen molar-refractivity contribution in [3.05, 3.63) is 40.8 Å². The molecule has 0 spiro atoms. The first-order valence-corrected chi connectivity index (χ1v) is 7.61. The Morgan fingerprint density at radius 1 is 1.19 bits per heavy atom. The lowest BCUT2D eigenvalue weighted by atomic mass is 10.1. The summed E-state index contributed by atoms with van der Waals surface area (Å²) in [6.45, 7) is 6.26. The lowest BCUT2D eigenvalue weighted by molar-refractivity contribution is 0.750. The smallest absolute Gasteiger partial charge is 0.163 e. The average Bonchev–Trinajstić information content (AvgIpc) is 2.93. The molecule has 0 aliphatic carbocycles. The van der Waals surface area contributed by atoms with Gasteiger partial charge in [-0.15, -0.1) is 11.6 Å². The summed E-state index contributed by atoms with van der Waals surface area (Å²) in [5.41, 5.74) is 6.62. The number of fused-ring (bicyclic) bond motifs is 1. The van der Waals surface area contributed by atoms with Crippen LogP contribution in [0.4, 0.5) is 0 Å². The summed E-state index contributed by atoms with van der Waals surface area (Å²) in [6.07, 6.45) is 0.739. The molecule has 21 heavy (non-hydrogen) atoms. The van der Waals surface area contributed by atoms with Gasteiger partial charge in [0.15, 0.2) is 5.65 Å². The zero-order valence-electron chi connectivity index (χ0n) is 12.8. The molecular formula is C16H19ClN4. The highest BCUT2D eigenvalue weighted by molar-refractivity contribution is 6.17. The fourth-order valence-corrected chi connectivity index (χ4v) is 2.97. The highest BCUT2D eigenvalue weighted by Crippen LogP contribution is 2.27. The number of imidazole rings is 1. The van der Waals surface area contributed by atoms with Crippen molar-refractivity contribution in [2.24, 2.45) is 7.05 Å². The fraction of sp³-hybridized carbons (Fsp3) is 0.375. The van der Waals surface area contributed by atoms with Crippen LogP contribution in [0.5, 0.6) is 0 Å². The monoisotopic (exact) mass is 302 g/mol. The van der Waals surface area contributed by atoms with Crippen molar-refractivity contribution in [3.8, 4) is 5.69 Å². The van der Waals surface area contributed by atoms with E-state index in [1.807, 2.05) is 18.7 Å². The third kappa shape index (κ3) is 2.14. The van der Waals surface area contributed by atoms with Crippen molar-refractivity contribution in [1.82, 2.24) is 19.3 Å². The van der Waals surface area contributed by atoms with Crippen molar-refractivity contribution < 1.29 is 0 Å². The zero-order chi connectivity index (χ0) is 15.1. The van der Waals surface area contributed by atoms with Gasteiger partial charge in [0.2, 0.25) is 0 Å². The molecule has 4 nitrogen and oxygen atoms in total. The first kappa shape index (κ1) is 14.1. The minimum Gasteiger partial charge on any atom is -0.281 e. The molecule has 0 saturated carbocycles. The summed E-state index contributed by atoms with van der Waals surface area (Å²) in [5, 5.41) is 4.49. The largest absolute Gasteiger partial charge is 0.281 e. The van der Waals surface area contributed by atoms with Gasteiger partial charge < -0.3 is 0 Å². The van der Waals surface area contributed by atoms with Gasteiger partial charge in [0.05, 0.1) is 11.4 Å². The molecule has 3 aromatic rings. The molecule has 1 aromatic carbocycles. The minimum atomic E-state index is 0.556. The number of aromatic nitrogens is 4. The highest BCUT2D eigenvalue weighted by atomic mass is 35.5. The zero-order valence-corrected chi connectivity index (χ0v) is 13.6. The molecule has 0 N–H and O–H groups in total. The fourth-order valence-electron chi connectivity index (χ4n) is 2.80. The molecule has 0 amide bonds. The Morgan fingerprint density at radius 2 is 1.95 bits per heavy atom. The van der Waals surface area contributed by atoms with E-state index in [1.54, 1.807) is 0 Å². The van der Waals surface area contributed by atoms with Gasteiger partial charge in [-0.2, -0.15) is 5.10 Å². The van der Waals surface area contributed by atoms with Crippen LogP contribution in [0.25, 0.3) is 16.9 Å². The summed E-state index contributed by atoms with van der Waals surface area (Å²) in [4.78, 5) is 4.77. The Hall–Kier alpha value is -1.81. The Bertz CT molecular complexity index is 813. The van der Waals surface area contributed by atoms with E-state index in [-0.39, 0.29) is 0 Å². The Morgan fingerprint density at radius 3 is 2.67 bits per heavy atom. The third-order valence-electron chi connectivity index (χ3n) is 4.01. The molecule has 0 saturated heterocycles. The van der Waals surface area contributed by atoms with E-state index >= 15 is 0 Å². The van der Waals surface area contributed by atoms with Gasteiger partial charge in [0.1, 0.15) is 11.3 Å². The third-order valence-corrected chi connectivity index (χ3v) is 4.20. The van der Waals surface area contributed by atoms with Gasteiger partial charge >= 0.3 is 0 Å². The number of nitrogens with zero attached hydrogens (tertiary/aromatic N) is 4. The molecule has 3 rings (SSSR count). The van der Waals surface area contributed by atoms with Crippen LogP contribution >= 0.6 is 11.6 Å².